The van der Waals surface area contributed by atoms with Crippen LogP contribution < -0.4 is 5.32 Å². The molecule has 0 radical (unpaired) electrons. The molecule has 2 aromatic rings. The molecule has 0 aliphatic heterocycles. The predicted octanol–water partition coefficient (Wildman–Crippen LogP) is 4.08. The van der Waals surface area contributed by atoms with Crippen molar-refractivity contribution in [2.45, 2.75) is 46.5 Å². The number of H-pyrrole nitrogens is 1. The number of hydrogen-bond donors (Lipinski definition) is 2. The Hall–Kier alpha value is -2.35. The van der Waals surface area contributed by atoms with Crippen molar-refractivity contribution in [1.82, 2.24) is 9.97 Å². The summed E-state index contributed by atoms with van der Waals surface area (Å²) in [6.45, 7) is 6.71. The number of anilines is 1. The van der Waals surface area contributed by atoms with E-state index in [1.807, 2.05) is 19.2 Å². The van der Waals surface area contributed by atoms with Crippen molar-refractivity contribution in [2.24, 2.45) is 0 Å². The number of carbonyl (C=O) groups excluding carboxylic acids is 2. The molecule has 0 saturated carbocycles. The number of aromatic nitrogens is 2. The van der Waals surface area contributed by atoms with E-state index in [4.69, 9.17) is 4.74 Å². The van der Waals surface area contributed by atoms with Gasteiger partial charge in [0.05, 0.1) is 25.0 Å². The second-order valence-corrected chi connectivity index (χ2v) is 7.06. The zero-order valence-corrected chi connectivity index (χ0v) is 17.1. The summed E-state index contributed by atoms with van der Waals surface area (Å²) in [5, 5.41) is 6.11. The summed E-state index contributed by atoms with van der Waals surface area (Å²) in [7, 11) is 1.41. The number of thiazole rings is 1. The summed E-state index contributed by atoms with van der Waals surface area (Å²) < 4.78 is 9.76. The molecule has 0 unspecified atom stereocenters. The highest BCUT2D eigenvalue weighted by Crippen LogP contribution is 2.30. The Kier molecular flexibility index (Phi) is 7.84. The number of nitrogens with one attached hydrogen (secondary N) is 2. The highest BCUT2D eigenvalue weighted by Gasteiger charge is 2.21. The zero-order valence-electron chi connectivity index (χ0n) is 16.3. The number of aryl methyl sites for hydroxylation is 1. The van der Waals surface area contributed by atoms with Gasteiger partial charge in [-0.2, -0.15) is 0 Å². The van der Waals surface area contributed by atoms with Crippen LogP contribution in [-0.2, 0) is 14.3 Å². The number of aromatic amines is 1. The minimum absolute atomic E-state index is 0.161. The smallest absolute Gasteiger partial charge is 0.340 e. The normalized spacial score (nSPS) is 10.7. The minimum atomic E-state index is -0.310. The molecule has 0 spiro atoms. The van der Waals surface area contributed by atoms with Gasteiger partial charge < -0.3 is 19.8 Å². The van der Waals surface area contributed by atoms with Gasteiger partial charge in [0.25, 0.3) is 0 Å². The van der Waals surface area contributed by atoms with Gasteiger partial charge in [0.2, 0.25) is 0 Å². The topological polar surface area (TPSA) is 93.3 Å². The Morgan fingerprint density at radius 3 is 2.74 bits per heavy atom. The number of esters is 2. The second-order valence-electron chi connectivity index (χ2n) is 6.20. The lowest BCUT2D eigenvalue weighted by Crippen LogP contribution is -2.06. The molecule has 0 bridgehead atoms. The number of rotatable bonds is 10. The lowest BCUT2D eigenvalue weighted by atomic mass is 10.1. The molecule has 0 aliphatic carbocycles. The molecule has 0 fully saturated rings. The van der Waals surface area contributed by atoms with Crippen LogP contribution in [0.2, 0.25) is 0 Å². The first kappa shape index (κ1) is 21.0. The fourth-order valence-electron chi connectivity index (χ4n) is 2.85. The van der Waals surface area contributed by atoms with Crippen LogP contribution in [0.4, 0.5) is 5.13 Å². The first-order valence-corrected chi connectivity index (χ1v) is 9.98. The Morgan fingerprint density at radius 2 is 2.04 bits per heavy atom. The average molecular weight is 394 g/mol. The van der Waals surface area contributed by atoms with Crippen LogP contribution in [0.5, 0.6) is 0 Å². The first-order chi connectivity index (χ1) is 13.0. The highest BCUT2D eigenvalue weighted by atomic mass is 32.1. The van der Waals surface area contributed by atoms with E-state index in [9.17, 15) is 9.59 Å². The second kappa shape index (κ2) is 10.1. The molecular weight excluding hydrogens is 366 g/mol. The highest BCUT2D eigenvalue weighted by molar-refractivity contribution is 7.14. The van der Waals surface area contributed by atoms with Crippen LogP contribution in [0.1, 0.15) is 54.2 Å². The molecular formula is C19H27N3O4S. The molecule has 2 rings (SSSR count). The Morgan fingerprint density at radius 1 is 1.26 bits per heavy atom. The largest absolute Gasteiger partial charge is 0.469 e. The van der Waals surface area contributed by atoms with Crippen LogP contribution in [0.3, 0.4) is 0 Å². The van der Waals surface area contributed by atoms with E-state index in [1.54, 1.807) is 6.92 Å². The third-order valence-corrected chi connectivity index (χ3v) is 5.04. The van der Waals surface area contributed by atoms with Crippen LogP contribution in [-0.4, -0.2) is 42.2 Å². The fraction of sp³-hybridized carbons (Fsp3) is 0.526. The third-order valence-electron chi connectivity index (χ3n) is 4.24. The van der Waals surface area contributed by atoms with Crippen molar-refractivity contribution >= 4 is 28.4 Å². The standard InChI is InChI=1S/C19H27N3O4S/c1-5-26-18(24)16-12(2)17(21-13(16)3)14-11-27-19(22-14)20-10-8-6-7-9-15(23)25-4/h11,21H,5-10H2,1-4H3,(H,20,22). The van der Waals surface area contributed by atoms with Crippen molar-refractivity contribution in [3.05, 3.63) is 22.2 Å². The summed E-state index contributed by atoms with van der Waals surface area (Å²) in [5.41, 5.74) is 3.88. The number of methoxy groups -OCH3 is 1. The van der Waals surface area contributed by atoms with Crippen molar-refractivity contribution in [2.75, 3.05) is 25.6 Å². The maximum absolute atomic E-state index is 12.1. The molecule has 0 aliphatic rings. The molecule has 27 heavy (non-hydrogen) atoms. The summed E-state index contributed by atoms with van der Waals surface area (Å²) in [5.74, 6) is -0.471. The molecule has 2 heterocycles. The number of ether oxygens (including phenoxy) is 2. The molecule has 148 valence electrons. The van der Waals surface area contributed by atoms with E-state index in [1.165, 1.54) is 18.4 Å². The van der Waals surface area contributed by atoms with Gasteiger partial charge in [-0.15, -0.1) is 11.3 Å². The number of unbranched alkanes of at least 4 members (excludes halogenated alkanes) is 2. The molecule has 2 aromatic heterocycles. The monoisotopic (exact) mass is 393 g/mol. The van der Waals surface area contributed by atoms with Crippen LogP contribution in [0, 0.1) is 13.8 Å². The maximum atomic E-state index is 12.1. The van der Waals surface area contributed by atoms with E-state index < -0.39 is 0 Å². The van der Waals surface area contributed by atoms with Gasteiger partial charge in [-0.1, -0.05) is 6.42 Å². The van der Waals surface area contributed by atoms with Gasteiger partial charge in [0.1, 0.15) is 5.69 Å². The van der Waals surface area contributed by atoms with Crippen LogP contribution >= 0.6 is 11.3 Å². The molecule has 0 amide bonds. The van der Waals surface area contributed by atoms with E-state index in [0.29, 0.717) is 18.6 Å². The van der Waals surface area contributed by atoms with Crippen molar-refractivity contribution in [1.29, 1.82) is 0 Å². The van der Waals surface area contributed by atoms with Crippen LogP contribution in [0.15, 0.2) is 5.38 Å². The SMILES string of the molecule is CCOC(=O)c1c(C)[nH]c(-c2csc(NCCCCCC(=O)OC)n2)c1C. The summed E-state index contributed by atoms with van der Waals surface area (Å²) >= 11 is 1.53. The Labute approximate surface area is 163 Å². The molecule has 8 heteroatoms. The fourth-order valence-corrected chi connectivity index (χ4v) is 3.58. The van der Waals surface area contributed by atoms with E-state index in [-0.39, 0.29) is 11.9 Å². The summed E-state index contributed by atoms with van der Waals surface area (Å²) in [4.78, 5) is 31.0. The minimum Gasteiger partial charge on any atom is -0.469 e. The summed E-state index contributed by atoms with van der Waals surface area (Å²) in [6.07, 6.45) is 3.21. The number of hydrogen-bond acceptors (Lipinski definition) is 7. The van der Waals surface area contributed by atoms with Gasteiger partial charge in [0, 0.05) is 24.0 Å². The lowest BCUT2D eigenvalue weighted by molar-refractivity contribution is -0.140. The van der Waals surface area contributed by atoms with Gasteiger partial charge >= 0.3 is 11.9 Å². The van der Waals surface area contributed by atoms with Crippen molar-refractivity contribution in [3.8, 4) is 11.4 Å². The van der Waals surface area contributed by atoms with Crippen molar-refractivity contribution in [3.63, 3.8) is 0 Å². The van der Waals surface area contributed by atoms with Gasteiger partial charge in [-0.3, -0.25) is 4.79 Å². The molecule has 0 atom stereocenters. The molecule has 0 aromatic carbocycles. The van der Waals surface area contributed by atoms with Crippen LogP contribution in [0.25, 0.3) is 11.4 Å². The Balaban J connectivity index is 1.91. The van der Waals surface area contributed by atoms with Gasteiger partial charge in [-0.05, 0) is 39.2 Å². The molecule has 7 nitrogen and oxygen atoms in total. The van der Waals surface area contributed by atoms with Crippen molar-refractivity contribution < 1.29 is 19.1 Å². The maximum Gasteiger partial charge on any atom is 0.340 e. The Bertz CT molecular complexity index is 782. The predicted molar refractivity (Wildman–Crippen MR) is 106 cm³/mol. The lowest BCUT2D eigenvalue weighted by Gasteiger charge is -2.03. The first-order valence-electron chi connectivity index (χ1n) is 9.10. The summed E-state index contributed by atoms with van der Waals surface area (Å²) in [6, 6.07) is 0. The molecule has 0 saturated heterocycles. The number of nitrogens with zero attached hydrogens (tertiary/aromatic N) is 1. The van der Waals surface area contributed by atoms with E-state index >= 15 is 0 Å². The quantitative estimate of drug-likeness (QED) is 0.467. The van der Waals surface area contributed by atoms with Gasteiger partial charge in [0.15, 0.2) is 5.13 Å². The van der Waals surface area contributed by atoms with E-state index in [2.05, 4.69) is 20.0 Å². The average Bonchev–Trinajstić information content (AvgIpc) is 3.22. The number of carbonyl (C=O) groups is 2. The zero-order chi connectivity index (χ0) is 19.8. The van der Waals surface area contributed by atoms with E-state index in [0.717, 1.165) is 53.6 Å². The van der Waals surface area contributed by atoms with Gasteiger partial charge in [-0.25, -0.2) is 9.78 Å². The molecule has 2 N–H and O–H groups in total. The third kappa shape index (κ3) is 5.56.